The predicted molar refractivity (Wildman–Crippen MR) is 72.6 cm³/mol. The number of rotatable bonds is 6. The number of carbonyl (C=O) groups excluding carboxylic acids is 1. The van der Waals surface area contributed by atoms with E-state index in [-0.39, 0.29) is 5.97 Å². The summed E-state index contributed by atoms with van der Waals surface area (Å²) in [5, 5.41) is 3.34. The van der Waals surface area contributed by atoms with Crippen molar-refractivity contribution in [3.63, 3.8) is 0 Å². The summed E-state index contributed by atoms with van der Waals surface area (Å²) >= 11 is 0. The number of piperazine rings is 1. The Balaban J connectivity index is 2.15. The molecule has 0 radical (unpaired) electrons. The van der Waals surface area contributed by atoms with Gasteiger partial charge < -0.3 is 15.0 Å². The molecule has 1 atom stereocenters. The van der Waals surface area contributed by atoms with E-state index < -0.39 is 0 Å². The largest absolute Gasteiger partial charge is 0.463 e. The lowest BCUT2D eigenvalue weighted by molar-refractivity contribution is -0.137. The first kappa shape index (κ1) is 15.1. The molecule has 1 aliphatic rings. The lowest BCUT2D eigenvalue weighted by Crippen LogP contribution is -2.53. The quantitative estimate of drug-likeness (QED) is 0.409. The van der Waals surface area contributed by atoms with Gasteiger partial charge in [-0.1, -0.05) is 6.08 Å². The first-order valence-corrected chi connectivity index (χ1v) is 6.56. The van der Waals surface area contributed by atoms with Gasteiger partial charge >= 0.3 is 5.97 Å². The minimum atomic E-state index is -0.270. The minimum absolute atomic E-state index is 0.270. The summed E-state index contributed by atoms with van der Waals surface area (Å²) in [6.45, 7) is 7.21. The molecule has 1 aliphatic heterocycles. The van der Waals surface area contributed by atoms with Crippen LogP contribution in [-0.4, -0.2) is 75.2 Å². The number of nitrogens with zero attached hydrogens (tertiary/aromatic N) is 2. The topological polar surface area (TPSA) is 44.8 Å². The van der Waals surface area contributed by atoms with Gasteiger partial charge in [-0.05, 0) is 21.0 Å². The Hall–Kier alpha value is -0.910. The van der Waals surface area contributed by atoms with Crippen molar-refractivity contribution in [1.29, 1.82) is 0 Å². The molecule has 0 saturated carbocycles. The Bertz CT molecular complexity index is 281. The number of nitrogens with one attached hydrogen (secondary N) is 1. The zero-order valence-electron chi connectivity index (χ0n) is 11.7. The maximum absolute atomic E-state index is 11.1. The molecular formula is C13H25N3O2. The fourth-order valence-electron chi connectivity index (χ4n) is 2.00. The predicted octanol–water partition coefficient (Wildman–Crippen LogP) is -0.0589. The highest BCUT2D eigenvalue weighted by molar-refractivity contribution is 5.81. The van der Waals surface area contributed by atoms with Gasteiger partial charge in [0, 0.05) is 44.8 Å². The Morgan fingerprint density at radius 3 is 2.94 bits per heavy atom. The van der Waals surface area contributed by atoms with E-state index in [2.05, 4.69) is 29.2 Å². The molecule has 1 fully saturated rings. The van der Waals surface area contributed by atoms with E-state index in [0.717, 1.165) is 26.2 Å². The van der Waals surface area contributed by atoms with Crippen LogP contribution in [0.25, 0.3) is 0 Å². The van der Waals surface area contributed by atoms with Crippen molar-refractivity contribution in [2.24, 2.45) is 0 Å². The molecule has 1 saturated heterocycles. The Morgan fingerprint density at radius 1 is 1.44 bits per heavy atom. The molecule has 0 aromatic carbocycles. The van der Waals surface area contributed by atoms with Crippen LogP contribution in [0.3, 0.4) is 0 Å². The molecule has 1 rings (SSSR count). The standard InChI is InChI=1S/C13H25N3O2/c1-4-18-13(17)6-5-7-14-10-12-11-15(2)8-9-16(12)3/h5-6,12,14H,4,7-11H2,1-3H3/b6-5+. The molecule has 0 amide bonds. The maximum atomic E-state index is 11.1. The number of esters is 1. The Kier molecular flexibility index (Phi) is 6.93. The number of likely N-dealkylation sites (N-methyl/N-ethyl adjacent to an activating group) is 2. The smallest absolute Gasteiger partial charge is 0.330 e. The third kappa shape index (κ3) is 5.62. The van der Waals surface area contributed by atoms with Gasteiger partial charge in [-0.3, -0.25) is 4.90 Å². The second-order valence-corrected chi connectivity index (χ2v) is 4.71. The highest BCUT2D eigenvalue weighted by Gasteiger charge is 2.21. The van der Waals surface area contributed by atoms with Crippen LogP contribution in [0.1, 0.15) is 6.92 Å². The number of hydrogen-bond donors (Lipinski definition) is 1. The molecule has 1 heterocycles. The summed E-state index contributed by atoms with van der Waals surface area (Å²) in [5.41, 5.74) is 0. The number of ether oxygens (including phenoxy) is 1. The third-order valence-electron chi connectivity index (χ3n) is 3.16. The van der Waals surface area contributed by atoms with Crippen LogP contribution in [0.15, 0.2) is 12.2 Å². The van der Waals surface area contributed by atoms with Crippen LogP contribution in [-0.2, 0) is 9.53 Å². The molecule has 0 aromatic heterocycles. The second-order valence-electron chi connectivity index (χ2n) is 4.71. The molecule has 1 N–H and O–H groups in total. The van der Waals surface area contributed by atoms with E-state index in [0.29, 0.717) is 19.2 Å². The van der Waals surface area contributed by atoms with E-state index in [9.17, 15) is 4.79 Å². The zero-order valence-corrected chi connectivity index (χ0v) is 11.7. The van der Waals surface area contributed by atoms with Gasteiger partial charge in [-0.15, -0.1) is 0 Å². The summed E-state index contributed by atoms with van der Waals surface area (Å²) in [6, 6.07) is 0.541. The summed E-state index contributed by atoms with van der Waals surface area (Å²) in [7, 11) is 4.31. The lowest BCUT2D eigenvalue weighted by Gasteiger charge is -2.37. The highest BCUT2D eigenvalue weighted by atomic mass is 16.5. The SMILES string of the molecule is CCOC(=O)/C=C/CNCC1CN(C)CCN1C. The van der Waals surface area contributed by atoms with E-state index >= 15 is 0 Å². The van der Waals surface area contributed by atoms with Gasteiger partial charge in [0.05, 0.1) is 6.61 Å². The maximum Gasteiger partial charge on any atom is 0.330 e. The van der Waals surface area contributed by atoms with Crippen molar-refractivity contribution in [1.82, 2.24) is 15.1 Å². The van der Waals surface area contributed by atoms with Crippen LogP contribution in [0.5, 0.6) is 0 Å². The van der Waals surface area contributed by atoms with Gasteiger partial charge in [0.1, 0.15) is 0 Å². The fourth-order valence-corrected chi connectivity index (χ4v) is 2.00. The monoisotopic (exact) mass is 255 g/mol. The van der Waals surface area contributed by atoms with Crippen molar-refractivity contribution in [2.75, 3.05) is 53.4 Å². The molecule has 0 bridgehead atoms. The Morgan fingerprint density at radius 2 is 2.22 bits per heavy atom. The number of hydrogen-bond acceptors (Lipinski definition) is 5. The highest BCUT2D eigenvalue weighted by Crippen LogP contribution is 2.04. The van der Waals surface area contributed by atoms with E-state index in [1.165, 1.54) is 6.08 Å². The van der Waals surface area contributed by atoms with Crippen LogP contribution in [0, 0.1) is 0 Å². The van der Waals surface area contributed by atoms with Crippen molar-refractivity contribution in [3.8, 4) is 0 Å². The van der Waals surface area contributed by atoms with Gasteiger partial charge in [-0.2, -0.15) is 0 Å². The second kappa shape index (κ2) is 8.24. The molecule has 0 aromatic rings. The molecule has 1 unspecified atom stereocenters. The summed E-state index contributed by atoms with van der Waals surface area (Å²) in [4.78, 5) is 15.8. The van der Waals surface area contributed by atoms with Gasteiger partial charge in [0.2, 0.25) is 0 Å². The van der Waals surface area contributed by atoms with Crippen LogP contribution >= 0.6 is 0 Å². The van der Waals surface area contributed by atoms with Crippen molar-refractivity contribution < 1.29 is 9.53 Å². The third-order valence-corrected chi connectivity index (χ3v) is 3.16. The molecule has 104 valence electrons. The van der Waals surface area contributed by atoms with Crippen molar-refractivity contribution >= 4 is 5.97 Å². The molecule has 0 aliphatic carbocycles. The van der Waals surface area contributed by atoms with E-state index in [4.69, 9.17) is 4.74 Å². The van der Waals surface area contributed by atoms with Crippen LogP contribution in [0.2, 0.25) is 0 Å². The van der Waals surface area contributed by atoms with Crippen LogP contribution < -0.4 is 5.32 Å². The zero-order chi connectivity index (χ0) is 13.4. The average Bonchev–Trinajstić information content (AvgIpc) is 2.33. The summed E-state index contributed by atoms with van der Waals surface area (Å²) < 4.78 is 4.80. The van der Waals surface area contributed by atoms with Gasteiger partial charge in [-0.25, -0.2) is 4.79 Å². The fraction of sp³-hybridized carbons (Fsp3) is 0.769. The normalized spacial score (nSPS) is 22.5. The number of carbonyl (C=O) groups is 1. The lowest BCUT2D eigenvalue weighted by atomic mass is 10.2. The van der Waals surface area contributed by atoms with Gasteiger partial charge in [0.15, 0.2) is 0 Å². The molecule has 0 spiro atoms. The average molecular weight is 255 g/mol. The van der Waals surface area contributed by atoms with Crippen LogP contribution in [0.4, 0.5) is 0 Å². The summed E-state index contributed by atoms with van der Waals surface area (Å²) in [5.74, 6) is -0.270. The Labute approximate surface area is 110 Å². The molecule has 18 heavy (non-hydrogen) atoms. The molecular weight excluding hydrogens is 230 g/mol. The van der Waals surface area contributed by atoms with Gasteiger partial charge in [0.25, 0.3) is 0 Å². The minimum Gasteiger partial charge on any atom is -0.463 e. The van der Waals surface area contributed by atoms with Crippen molar-refractivity contribution in [2.45, 2.75) is 13.0 Å². The first-order valence-electron chi connectivity index (χ1n) is 6.56. The summed E-state index contributed by atoms with van der Waals surface area (Å²) in [6.07, 6.45) is 3.29. The van der Waals surface area contributed by atoms with E-state index in [1.807, 2.05) is 6.08 Å². The van der Waals surface area contributed by atoms with Crippen molar-refractivity contribution in [3.05, 3.63) is 12.2 Å². The van der Waals surface area contributed by atoms with E-state index in [1.54, 1.807) is 6.92 Å². The first-order chi connectivity index (χ1) is 8.63. The molecule has 5 nitrogen and oxygen atoms in total. The molecule has 5 heteroatoms.